The fourth-order valence-corrected chi connectivity index (χ4v) is 2.12. The molecule has 0 unspecified atom stereocenters. The van der Waals surface area contributed by atoms with Crippen LogP contribution >= 0.6 is 0 Å². The number of carbonyl (C=O) groups is 1. The van der Waals surface area contributed by atoms with Crippen LogP contribution < -0.4 is 14.8 Å². The van der Waals surface area contributed by atoms with Crippen LogP contribution in [0.15, 0.2) is 42.5 Å². The number of amides is 1. The molecule has 0 spiro atoms. The van der Waals surface area contributed by atoms with E-state index in [0.717, 1.165) is 0 Å². The van der Waals surface area contributed by atoms with Crippen LogP contribution in [0.1, 0.15) is 12.5 Å². The zero-order valence-corrected chi connectivity index (χ0v) is 13.9. The summed E-state index contributed by atoms with van der Waals surface area (Å²) in [7, 11) is 0. The minimum atomic E-state index is -3.04. The molecular weight excluding hydrogens is 350 g/mol. The smallest absolute Gasteiger partial charge is 0.387 e. The highest BCUT2D eigenvalue weighted by molar-refractivity contribution is 5.95. The number of benzene rings is 2. The quantitative estimate of drug-likeness (QED) is 0.593. The van der Waals surface area contributed by atoms with Crippen LogP contribution in [0.2, 0.25) is 0 Å². The van der Waals surface area contributed by atoms with Crippen LogP contribution in [0.4, 0.5) is 20.2 Å². The topological polar surface area (TPSA) is 90.7 Å². The fraction of sp³-hybridized carbons (Fsp3) is 0.235. The molecular formula is C17H16F2N2O5. The second-order valence-corrected chi connectivity index (χ2v) is 5.35. The van der Waals surface area contributed by atoms with Crippen molar-refractivity contribution in [3.05, 3.63) is 58.1 Å². The molecule has 0 saturated carbocycles. The first-order valence-electron chi connectivity index (χ1n) is 7.54. The number of rotatable bonds is 7. The third-order valence-corrected chi connectivity index (χ3v) is 3.35. The predicted molar refractivity (Wildman–Crippen MR) is 89.6 cm³/mol. The molecule has 7 nitrogen and oxygen atoms in total. The number of carbonyl (C=O) groups excluding carboxylic acids is 1. The third-order valence-electron chi connectivity index (χ3n) is 3.35. The lowest BCUT2D eigenvalue weighted by Gasteiger charge is -2.16. The average Bonchev–Trinajstić information content (AvgIpc) is 2.57. The van der Waals surface area contributed by atoms with Gasteiger partial charge in [0.25, 0.3) is 5.91 Å². The van der Waals surface area contributed by atoms with Gasteiger partial charge in [0.2, 0.25) is 0 Å². The van der Waals surface area contributed by atoms with Crippen LogP contribution in [0.25, 0.3) is 0 Å². The Labute approximate surface area is 147 Å². The van der Waals surface area contributed by atoms with E-state index < -0.39 is 23.5 Å². The number of halogens is 2. The van der Waals surface area contributed by atoms with Gasteiger partial charge in [-0.05, 0) is 37.6 Å². The Balaban J connectivity index is 2.13. The molecule has 1 atom stereocenters. The van der Waals surface area contributed by atoms with Gasteiger partial charge in [-0.15, -0.1) is 0 Å². The van der Waals surface area contributed by atoms with E-state index in [1.165, 1.54) is 43.3 Å². The van der Waals surface area contributed by atoms with Crippen molar-refractivity contribution < 1.29 is 28.0 Å². The SMILES string of the molecule is Cc1ccc(O[C@@H](C)C(=O)Nc2ccccc2OC(F)F)c([N+](=O)[O-])c1. The second kappa shape index (κ2) is 8.24. The molecule has 2 aromatic rings. The largest absolute Gasteiger partial charge is 0.474 e. The van der Waals surface area contributed by atoms with Crippen LogP contribution in [-0.2, 0) is 4.79 Å². The lowest BCUT2D eigenvalue weighted by molar-refractivity contribution is -0.386. The minimum absolute atomic E-state index is 0.0339. The number of hydrogen-bond acceptors (Lipinski definition) is 5. The highest BCUT2D eigenvalue weighted by Gasteiger charge is 2.22. The van der Waals surface area contributed by atoms with Gasteiger partial charge in [0.1, 0.15) is 5.75 Å². The summed E-state index contributed by atoms with van der Waals surface area (Å²) in [5, 5.41) is 13.5. The van der Waals surface area contributed by atoms with E-state index in [0.29, 0.717) is 5.56 Å². The molecule has 1 N–H and O–H groups in total. The molecule has 0 radical (unpaired) electrons. The van der Waals surface area contributed by atoms with Crippen LogP contribution in [0.5, 0.6) is 11.5 Å². The summed E-state index contributed by atoms with van der Waals surface area (Å²) in [5.41, 5.74) is 0.428. The van der Waals surface area contributed by atoms with Gasteiger partial charge < -0.3 is 14.8 Å². The maximum Gasteiger partial charge on any atom is 0.387 e. The summed E-state index contributed by atoms with van der Waals surface area (Å²) < 4.78 is 34.5. The van der Waals surface area contributed by atoms with Crippen molar-refractivity contribution in [2.75, 3.05) is 5.32 Å². The van der Waals surface area contributed by atoms with E-state index in [4.69, 9.17) is 4.74 Å². The van der Waals surface area contributed by atoms with Gasteiger partial charge in [-0.25, -0.2) is 0 Å². The lowest BCUT2D eigenvalue weighted by Crippen LogP contribution is -2.30. The number of nitro benzene ring substituents is 1. The Kier molecular flexibility index (Phi) is 6.05. The number of hydrogen-bond donors (Lipinski definition) is 1. The number of nitrogens with zero attached hydrogens (tertiary/aromatic N) is 1. The van der Waals surface area contributed by atoms with Crippen molar-refractivity contribution in [2.24, 2.45) is 0 Å². The number of nitrogens with one attached hydrogen (secondary N) is 1. The summed E-state index contributed by atoms with van der Waals surface area (Å²) in [6.45, 7) is 0.0273. The van der Waals surface area contributed by atoms with Crippen molar-refractivity contribution in [3.63, 3.8) is 0 Å². The molecule has 1 amide bonds. The van der Waals surface area contributed by atoms with Gasteiger partial charge >= 0.3 is 12.3 Å². The van der Waals surface area contributed by atoms with E-state index in [1.54, 1.807) is 13.0 Å². The van der Waals surface area contributed by atoms with Crippen molar-refractivity contribution in [1.82, 2.24) is 0 Å². The number of aryl methyl sites for hydroxylation is 1. The molecule has 0 bridgehead atoms. The van der Waals surface area contributed by atoms with Crippen molar-refractivity contribution in [3.8, 4) is 11.5 Å². The van der Waals surface area contributed by atoms with Crippen LogP contribution in [0.3, 0.4) is 0 Å². The molecule has 0 aliphatic heterocycles. The van der Waals surface area contributed by atoms with Gasteiger partial charge in [-0.3, -0.25) is 14.9 Å². The molecule has 2 aromatic carbocycles. The van der Waals surface area contributed by atoms with Crippen molar-refractivity contribution >= 4 is 17.3 Å². The lowest BCUT2D eigenvalue weighted by atomic mass is 10.2. The summed E-state index contributed by atoms with van der Waals surface area (Å²) in [6.07, 6.45) is -1.11. The summed E-state index contributed by atoms with van der Waals surface area (Å²) in [6, 6.07) is 10.00. The van der Waals surface area contributed by atoms with Crippen molar-refractivity contribution in [1.29, 1.82) is 0 Å². The highest BCUT2D eigenvalue weighted by Crippen LogP contribution is 2.29. The van der Waals surface area contributed by atoms with E-state index in [2.05, 4.69) is 10.1 Å². The summed E-state index contributed by atoms with van der Waals surface area (Å²) >= 11 is 0. The van der Waals surface area contributed by atoms with Crippen molar-refractivity contribution in [2.45, 2.75) is 26.6 Å². The summed E-state index contributed by atoms with van der Waals surface area (Å²) in [5.74, 6) is -0.949. The van der Waals surface area contributed by atoms with Gasteiger partial charge in [-0.1, -0.05) is 18.2 Å². The standard InChI is InChI=1S/C17H16F2N2O5/c1-10-7-8-15(13(9-10)21(23)24)25-11(2)16(22)20-12-5-3-4-6-14(12)26-17(18)19/h3-9,11,17H,1-2H3,(H,20,22)/t11-/m0/s1. The van der Waals surface area contributed by atoms with Gasteiger partial charge in [0.05, 0.1) is 10.6 Å². The fourth-order valence-electron chi connectivity index (χ4n) is 2.12. The molecule has 26 heavy (non-hydrogen) atoms. The first-order chi connectivity index (χ1) is 12.3. The molecule has 0 aliphatic rings. The molecule has 0 heterocycles. The molecule has 138 valence electrons. The molecule has 0 fully saturated rings. The third kappa shape index (κ3) is 4.88. The zero-order chi connectivity index (χ0) is 19.3. The normalized spacial score (nSPS) is 11.7. The Morgan fingerprint density at radius 1 is 1.15 bits per heavy atom. The molecule has 2 rings (SSSR count). The predicted octanol–water partition coefficient (Wildman–Crippen LogP) is 3.91. The minimum Gasteiger partial charge on any atom is -0.474 e. The molecule has 0 aliphatic carbocycles. The highest BCUT2D eigenvalue weighted by atomic mass is 19.3. The maximum absolute atomic E-state index is 12.4. The van der Waals surface area contributed by atoms with E-state index in [-0.39, 0.29) is 22.9 Å². The Bertz CT molecular complexity index is 813. The second-order valence-electron chi connectivity index (χ2n) is 5.35. The number of para-hydroxylation sites is 2. The number of anilines is 1. The number of nitro groups is 1. The number of alkyl halides is 2. The first kappa shape index (κ1) is 19.1. The zero-order valence-electron chi connectivity index (χ0n) is 13.9. The molecule has 0 aromatic heterocycles. The summed E-state index contributed by atoms with van der Waals surface area (Å²) in [4.78, 5) is 22.7. The average molecular weight is 366 g/mol. The van der Waals surface area contributed by atoms with E-state index >= 15 is 0 Å². The molecule has 0 saturated heterocycles. The Morgan fingerprint density at radius 2 is 1.85 bits per heavy atom. The Hall–Kier alpha value is -3.23. The van der Waals surface area contributed by atoms with E-state index in [9.17, 15) is 23.7 Å². The number of ether oxygens (including phenoxy) is 2. The van der Waals surface area contributed by atoms with Crippen LogP contribution in [0, 0.1) is 17.0 Å². The van der Waals surface area contributed by atoms with Gasteiger partial charge in [0.15, 0.2) is 11.9 Å². The monoisotopic (exact) mass is 366 g/mol. The molecule has 9 heteroatoms. The van der Waals surface area contributed by atoms with Gasteiger partial charge in [-0.2, -0.15) is 8.78 Å². The van der Waals surface area contributed by atoms with Crippen LogP contribution in [-0.4, -0.2) is 23.5 Å². The Morgan fingerprint density at radius 3 is 2.50 bits per heavy atom. The van der Waals surface area contributed by atoms with E-state index in [1.807, 2.05) is 0 Å². The van der Waals surface area contributed by atoms with Gasteiger partial charge in [0, 0.05) is 6.07 Å². The first-order valence-corrected chi connectivity index (χ1v) is 7.54. The maximum atomic E-state index is 12.4.